The summed E-state index contributed by atoms with van der Waals surface area (Å²) in [7, 11) is 1.69. The third kappa shape index (κ3) is 3.32. The Morgan fingerprint density at radius 3 is 2.93 bits per heavy atom. The number of hydrogen-bond acceptors (Lipinski definition) is 4. The first-order valence-electron chi connectivity index (χ1n) is 4.84. The maximum atomic E-state index is 11.6. The largest absolute Gasteiger partial charge is 0.394 e. The molecule has 1 rings (SSSR count). The Kier molecular flexibility index (Phi) is 4.23. The minimum absolute atomic E-state index is 0.00736. The van der Waals surface area contributed by atoms with Crippen LogP contribution in [0.5, 0.6) is 0 Å². The number of amides is 1. The molecule has 1 unspecified atom stereocenters. The van der Waals surface area contributed by atoms with E-state index >= 15 is 0 Å². The van der Waals surface area contributed by atoms with Gasteiger partial charge in [-0.05, 0) is 6.92 Å². The molecule has 15 heavy (non-hydrogen) atoms. The van der Waals surface area contributed by atoms with E-state index in [4.69, 9.17) is 5.11 Å². The molecule has 1 heterocycles. The van der Waals surface area contributed by atoms with Crippen molar-refractivity contribution in [3.05, 3.63) is 12.7 Å². The Balaban J connectivity index is 2.36. The van der Waals surface area contributed by atoms with Crippen LogP contribution in [0.2, 0.25) is 0 Å². The van der Waals surface area contributed by atoms with Gasteiger partial charge in [0, 0.05) is 13.5 Å². The fourth-order valence-electron chi connectivity index (χ4n) is 1.10. The minimum Gasteiger partial charge on any atom is -0.394 e. The summed E-state index contributed by atoms with van der Waals surface area (Å²) in [5, 5.41) is 12.8. The number of aryl methyl sites for hydroxylation is 1. The molecule has 1 atom stereocenters. The molecule has 1 aromatic heterocycles. The van der Waals surface area contributed by atoms with Gasteiger partial charge in [-0.25, -0.2) is 4.98 Å². The SMILES string of the molecule is CC(CO)N(C)C(=O)CCn1cncn1. The maximum Gasteiger partial charge on any atom is 0.224 e. The van der Waals surface area contributed by atoms with Crippen molar-refractivity contribution in [2.45, 2.75) is 25.9 Å². The van der Waals surface area contributed by atoms with E-state index in [1.54, 1.807) is 25.0 Å². The van der Waals surface area contributed by atoms with Crippen LogP contribution in [0.1, 0.15) is 13.3 Å². The molecule has 1 N–H and O–H groups in total. The van der Waals surface area contributed by atoms with E-state index in [-0.39, 0.29) is 18.6 Å². The molecule has 1 amide bonds. The van der Waals surface area contributed by atoms with E-state index in [0.717, 1.165) is 0 Å². The lowest BCUT2D eigenvalue weighted by atomic mass is 10.3. The summed E-state index contributed by atoms with van der Waals surface area (Å²) in [4.78, 5) is 16.9. The molecular formula is C9H16N4O2. The van der Waals surface area contributed by atoms with Gasteiger partial charge < -0.3 is 10.0 Å². The molecule has 84 valence electrons. The molecule has 1 aromatic rings. The van der Waals surface area contributed by atoms with Gasteiger partial charge in [0.25, 0.3) is 0 Å². The Hall–Kier alpha value is -1.43. The summed E-state index contributed by atoms with van der Waals surface area (Å²) in [5.41, 5.74) is 0. The molecule has 0 aliphatic heterocycles. The minimum atomic E-state index is -0.145. The van der Waals surface area contributed by atoms with Gasteiger partial charge in [0.15, 0.2) is 0 Å². The lowest BCUT2D eigenvalue weighted by Crippen LogP contribution is -2.37. The van der Waals surface area contributed by atoms with E-state index in [1.165, 1.54) is 11.2 Å². The molecule has 0 radical (unpaired) electrons. The second kappa shape index (κ2) is 5.45. The van der Waals surface area contributed by atoms with Crippen LogP contribution in [0.15, 0.2) is 12.7 Å². The average molecular weight is 212 g/mol. The van der Waals surface area contributed by atoms with Gasteiger partial charge in [-0.2, -0.15) is 5.10 Å². The predicted molar refractivity (Wildman–Crippen MR) is 54.0 cm³/mol. The van der Waals surface area contributed by atoms with E-state index in [2.05, 4.69) is 10.1 Å². The number of nitrogens with zero attached hydrogens (tertiary/aromatic N) is 4. The average Bonchev–Trinajstić information content (AvgIpc) is 2.76. The topological polar surface area (TPSA) is 71.2 Å². The Labute approximate surface area is 88.5 Å². The lowest BCUT2D eigenvalue weighted by molar-refractivity contribution is -0.132. The van der Waals surface area contributed by atoms with Crippen molar-refractivity contribution >= 4 is 5.91 Å². The molecule has 0 bridgehead atoms. The van der Waals surface area contributed by atoms with Crippen LogP contribution in [0.3, 0.4) is 0 Å². The summed E-state index contributed by atoms with van der Waals surface area (Å²) in [6, 6.07) is -0.145. The number of hydrogen-bond donors (Lipinski definition) is 1. The van der Waals surface area contributed by atoms with Crippen LogP contribution in [-0.4, -0.2) is 50.4 Å². The first-order valence-corrected chi connectivity index (χ1v) is 4.84. The zero-order valence-electron chi connectivity index (χ0n) is 9.00. The van der Waals surface area contributed by atoms with E-state index < -0.39 is 0 Å². The van der Waals surface area contributed by atoms with Gasteiger partial charge in [0.05, 0.1) is 19.2 Å². The number of rotatable bonds is 5. The van der Waals surface area contributed by atoms with Crippen molar-refractivity contribution in [3.63, 3.8) is 0 Å². The normalized spacial score (nSPS) is 12.5. The van der Waals surface area contributed by atoms with Crippen molar-refractivity contribution in [3.8, 4) is 0 Å². The van der Waals surface area contributed by atoms with Gasteiger partial charge in [-0.15, -0.1) is 0 Å². The zero-order valence-corrected chi connectivity index (χ0v) is 9.00. The maximum absolute atomic E-state index is 11.6. The summed E-state index contributed by atoms with van der Waals surface area (Å²) < 4.78 is 1.61. The fourth-order valence-corrected chi connectivity index (χ4v) is 1.10. The molecule has 6 heteroatoms. The predicted octanol–water partition coefficient (Wildman–Crippen LogP) is -0.493. The van der Waals surface area contributed by atoms with E-state index in [0.29, 0.717) is 13.0 Å². The third-order valence-electron chi connectivity index (χ3n) is 2.34. The molecule has 0 spiro atoms. The van der Waals surface area contributed by atoms with Crippen molar-refractivity contribution in [2.24, 2.45) is 0 Å². The lowest BCUT2D eigenvalue weighted by Gasteiger charge is -2.23. The Bertz CT molecular complexity index is 299. The second-order valence-corrected chi connectivity index (χ2v) is 3.44. The summed E-state index contributed by atoms with van der Waals surface area (Å²) in [6.07, 6.45) is 3.37. The fraction of sp³-hybridized carbons (Fsp3) is 0.667. The van der Waals surface area contributed by atoms with Gasteiger partial charge in [0.1, 0.15) is 12.7 Å². The molecule has 6 nitrogen and oxygen atoms in total. The van der Waals surface area contributed by atoms with Crippen molar-refractivity contribution in [1.29, 1.82) is 0 Å². The molecule has 0 saturated carbocycles. The van der Waals surface area contributed by atoms with Crippen LogP contribution in [0.4, 0.5) is 0 Å². The summed E-state index contributed by atoms with van der Waals surface area (Å²) in [6.45, 7) is 2.29. The van der Waals surface area contributed by atoms with Gasteiger partial charge >= 0.3 is 0 Å². The number of aliphatic hydroxyl groups is 1. The van der Waals surface area contributed by atoms with Gasteiger partial charge in [-0.3, -0.25) is 9.48 Å². The zero-order chi connectivity index (χ0) is 11.3. The number of carbonyl (C=O) groups is 1. The molecule has 0 aliphatic rings. The van der Waals surface area contributed by atoms with Gasteiger partial charge in [0.2, 0.25) is 5.91 Å². The van der Waals surface area contributed by atoms with Crippen LogP contribution >= 0.6 is 0 Å². The van der Waals surface area contributed by atoms with E-state index in [9.17, 15) is 4.79 Å². The van der Waals surface area contributed by atoms with Crippen LogP contribution in [0, 0.1) is 0 Å². The molecular weight excluding hydrogens is 196 g/mol. The highest BCUT2D eigenvalue weighted by Gasteiger charge is 2.14. The van der Waals surface area contributed by atoms with Crippen molar-refractivity contribution < 1.29 is 9.90 Å². The highest BCUT2D eigenvalue weighted by molar-refractivity contribution is 5.76. The Morgan fingerprint density at radius 1 is 1.67 bits per heavy atom. The Morgan fingerprint density at radius 2 is 2.40 bits per heavy atom. The van der Waals surface area contributed by atoms with Crippen molar-refractivity contribution in [1.82, 2.24) is 19.7 Å². The standard InChI is InChI=1S/C9H16N4O2/c1-8(5-14)12(2)9(15)3-4-13-7-10-6-11-13/h6-8,14H,3-5H2,1-2H3. The van der Waals surface area contributed by atoms with Crippen LogP contribution < -0.4 is 0 Å². The molecule has 0 aromatic carbocycles. The first-order chi connectivity index (χ1) is 7.15. The molecule has 0 saturated heterocycles. The number of likely N-dealkylation sites (N-methyl/N-ethyl adjacent to an activating group) is 1. The van der Waals surface area contributed by atoms with Crippen molar-refractivity contribution in [2.75, 3.05) is 13.7 Å². The summed E-state index contributed by atoms with van der Waals surface area (Å²) in [5.74, 6) is -0.00736. The monoisotopic (exact) mass is 212 g/mol. The van der Waals surface area contributed by atoms with Crippen LogP contribution in [-0.2, 0) is 11.3 Å². The number of aromatic nitrogens is 3. The molecule has 0 fully saturated rings. The second-order valence-electron chi connectivity index (χ2n) is 3.44. The van der Waals surface area contributed by atoms with E-state index in [1.807, 2.05) is 0 Å². The first kappa shape index (κ1) is 11.6. The number of carbonyl (C=O) groups excluding carboxylic acids is 1. The molecule has 0 aliphatic carbocycles. The highest BCUT2D eigenvalue weighted by atomic mass is 16.3. The highest BCUT2D eigenvalue weighted by Crippen LogP contribution is 1.99. The third-order valence-corrected chi connectivity index (χ3v) is 2.34. The quantitative estimate of drug-likeness (QED) is 0.714. The van der Waals surface area contributed by atoms with Gasteiger partial charge in [-0.1, -0.05) is 0 Å². The summed E-state index contributed by atoms with van der Waals surface area (Å²) >= 11 is 0. The number of aliphatic hydroxyl groups excluding tert-OH is 1. The smallest absolute Gasteiger partial charge is 0.224 e. The van der Waals surface area contributed by atoms with Crippen LogP contribution in [0.25, 0.3) is 0 Å².